The predicted molar refractivity (Wildman–Crippen MR) is 81.5 cm³/mol. The molecule has 1 saturated carbocycles. The molecular formula is C18H13F3O4. The number of rotatable bonds is 5. The van der Waals surface area contributed by atoms with Gasteiger partial charge in [-0.1, -0.05) is 12.1 Å². The van der Waals surface area contributed by atoms with E-state index in [1.807, 2.05) is 0 Å². The van der Waals surface area contributed by atoms with Crippen LogP contribution in [0.5, 0.6) is 5.75 Å². The van der Waals surface area contributed by atoms with Gasteiger partial charge in [-0.15, -0.1) is 0 Å². The smallest absolute Gasteiger partial charge is 0.416 e. The summed E-state index contributed by atoms with van der Waals surface area (Å²) >= 11 is 0. The summed E-state index contributed by atoms with van der Waals surface area (Å²) in [5.74, 6) is -1.14. The lowest BCUT2D eigenvalue weighted by Gasteiger charge is -2.13. The highest BCUT2D eigenvalue weighted by molar-refractivity contribution is 6.09. The van der Waals surface area contributed by atoms with Gasteiger partial charge in [-0.2, -0.15) is 13.2 Å². The van der Waals surface area contributed by atoms with Crippen molar-refractivity contribution in [3.63, 3.8) is 0 Å². The van der Waals surface area contributed by atoms with Crippen LogP contribution >= 0.6 is 0 Å². The monoisotopic (exact) mass is 350 g/mol. The van der Waals surface area contributed by atoms with Crippen LogP contribution in [0.25, 0.3) is 0 Å². The molecule has 1 aliphatic carbocycles. The fourth-order valence-corrected chi connectivity index (χ4v) is 2.35. The summed E-state index contributed by atoms with van der Waals surface area (Å²) < 4.78 is 43.1. The standard InChI is InChI=1S/C18H13F3O4/c19-18(20,21)13-5-1-11(2-6-13)15(22)12-3-7-14(8-4-12)25-17(9-10-17)16(23)24/h1-8H,9-10H2,(H,23,24). The van der Waals surface area contributed by atoms with Gasteiger partial charge in [0.15, 0.2) is 5.78 Å². The van der Waals surface area contributed by atoms with E-state index < -0.39 is 29.1 Å². The van der Waals surface area contributed by atoms with Gasteiger partial charge in [0, 0.05) is 24.0 Å². The lowest BCUT2D eigenvalue weighted by Crippen LogP contribution is -2.28. The topological polar surface area (TPSA) is 63.6 Å². The lowest BCUT2D eigenvalue weighted by atomic mass is 10.0. The molecule has 3 rings (SSSR count). The Morgan fingerprint density at radius 3 is 1.80 bits per heavy atom. The molecule has 0 atom stereocenters. The van der Waals surface area contributed by atoms with Crippen LogP contribution in [0.2, 0.25) is 0 Å². The van der Waals surface area contributed by atoms with Gasteiger partial charge >= 0.3 is 12.1 Å². The second-order valence-electron chi connectivity index (χ2n) is 5.83. The summed E-state index contributed by atoms with van der Waals surface area (Å²) in [5.41, 5.74) is -1.60. The Morgan fingerprint density at radius 1 is 0.920 bits per heavy atom. The molecule has 0 spiro atoms. The molecule has 0 unspecified atom stereocenters. The molecule has 1 aliphatic rings. The number of hydrogen-bond acceptors (Lipinski definition) is 3. The van der Waals surface area contributed by atoms with Crippen molar-refractivity contribution in [1.29, 1.82) is 0 Å². The molecule has 0 radical (unpaired) electrons. The van der Waals surface area contributed by atoms with Crippen LogP contribution in [0.3, 0.4) is 0 Å². The first-order chi connectivity index (χ1) is 11.7. The van der Waals surface area contributed by atoms with Crippen LogP contribution in [0.15, 0.2) is 48.5 Å². The van der Waals surface area contributed by atoms with E-state index >= 15 is 0 Å². The Kier molecular flexibility index (Phi) is 4.02. The van der Waals surface area contributed by atoms with Gasteiger partial charge in [-0.05, 0) is 36.4 Å². The molecule has 2 aromatic carbocycles. The minimum atomic E-state index is -4.45. The molecule has 2 aromatic rings. The van der Waals surface area contributed by atoms with Crippen LogP contribution in [0.1, 0.15) is 34.3 Å². The molecule has 0 saturated heterocycles. The molecule has 7 heteroatoms. The second kappa shape index (κ2) is 5.91. The van der Waals surface area contributed by atoms with E-state index in [1.54, 1.807) is 0 Å². The van der Waals surface area contributed by atoms with Crippen molar-refractivity contribution >= 4 is 11.8 Å². The first-order valence-corrected chi connectivity index (χ1v) is 7.46. The third-order valence-electron chi connectivity index (χ3n) is 4.00. The van der Waals surface area contributed by atoms with Crippen LogP contribution in [-0.2, 0) is 11.0 Å². The van der Waals surface area contributed by atoms with Crippen molar-refractivity contribution in [2.24, 2.45) is 0 Å². The van der Waals surface area contributed by atoms with Gasteiger partial charge in [0.25, 0.3) is 0 Å². The molecule has 0 heterocycles. The third-order valence-corrected chi connectivity index (χ3v) is 4.00. The van der Waals surface area contributed by atoms with E-state index in [9.17, 15) is 22.8 Å². The average molecular weight is 350 g/mol. The molecule has 0 amide bonds. The fraction of sp³-hybridized carbons (Fsp3) is 0.222. The lowest BCUT2D eigenvalue weighted by molar-refractivity contribution is -0.147. The maximum atomic E-state index is 12.5. The molecule has 130 valence electrons. The van der Waals surface area contributed by atoms with Gasteiger partial charge in [0.1, 0.15) is 5.75 Å². The molecule has 0 aliphatic heterocycles. The van der Waals surface area contributed by atoms with Gasteiger partial charge in [0.05, 0.1) is 5.56 Å². The molecule has 25 heavy (non-hydrogen) atoms. The Balaban J connectivity index is 1.74. The van der Waals surface area contributed by atoms with Crippen LogP contribution in [0.4, 0.5) is 13.2 Å². The summed E-state index contributed by atoms with van der Waals surface area (Å²) in [7, 11) is 0. The van der Waals surface area contributed by atoms with Crippen molar-refractivity contribution < 1.29 is 32.6 Å². The number of benzene rings is 2. The maximum absolute atomic E-state index is 12.5. The Morgan fingerprint density at radius 2 is 1.40 bits per heavy atom. The quantitative estimate of drug-likeness (QED) is 0.830. The van der Waals surface area contributed by atoms with Crippen molar-refractivity contribution in [1.82, 2.24) is 0 Å². The number of carboxylic acid groups (broad SMARTS) is 1. The first-order valence-electron chi connectivity index (χ1n) is 7.46. The Hall–Kier alpha value is -2.83. The molecule has 1 N–H and O–H groups in total. The molecule has 4 nitrogen and oxygen atoms in total. The number of alkyl halides is 3. The molecule has 1 fully saturated rings. The maximum Gasteiger partial charge on any atom is 0.416 e. The van der Waals surface area contributed by atoms with Gasteiger partial charge in [0.2, 0.25) is 5.60 Å². The van der Waals surface area contributed by atoms with E-state index in [2.05, 4.69) is 0 Å². The largest absolute Gasteiger partial charge is 0.478 e. The average Bonchev–Trinajstić information content (AvgIpc) is 3.35. The first kappa shape index (κ1) is 17.0. The van der Waals surface area contributed by atoms with Crippen LogP contribution in [0, 0.1) is 0 Å². The number of carbonyl (C=O) groups is 2. The fourth-order valence-electron chi connectivity index (χ4n) is 2.35. The van der Waals surface area contributed by atoms with Crippen molar-refractivity contribution in [3.05, 3.63) is 65.2 Å². The molecular weight excluding hydrogens is 337 g/mol. The second-order valence-corrected chi connectivity index (χ2v) is 5.83. The van der Waals surface area contributed by atoms with Crippen molar-refractivity contribution in [3.8, 4) is 5.75 Å². The zero-order valence-electron chi connectivity index (χ0n) is 12.8. The summed E-state index contributed by atoms with van der Waals surface area (Å²) in [6.07, 6.45) is -3.60. The zero-order chi connectivity index (χ0) is 18.2. The van der Waals surface area contributed by atoms with Gasteiger partial charge < -0.3 is 9.84 Å². The molecule has 0 bridgehead atoms. The van der Waals surface area contributed by atoms with E-state index in [0.717, 1.165) is 24.3 Å². The highest BCUT2D eigenvalue weighted by atomic mass is 19.4. The van der Waals surface area contributed by atoms with Gasteiger partial charge in [-0.3, -0.25) is 4.79 Å². The van der Waals surface area contributed by atoms with E-state index in [-0.39, 0.29) is 11.1 Å². The van der Waals surface area contributed by atoms with E-state index in [0.29, 0.717) is 18.6 Å². The number of halogens is 3. The SMILES string of the molecule is O=C(c1ccc(OC2(C(=O)O)CC2)cc1)c1ccc(C(F)(F)F)cc1. The number of carboxylic acids is 1. The number of aliphatic carboxylic acids is 1. The predicted octanol–water partition coefficient (Wildman–Crippen LogP) is 3.93. The highest BCUT2D eigenvalue weighted by Gasteiger charge is 2.53. The molecule has 0 aromatic heterocycles. The van der Waals surface area contributed by atoms with Crippen LogP contribution < -0.4 is 4.74 Å². The number of hydrogen-bond donors (Lipinski definition) is 1. The number of carbonyl (C=O) groups excluding carboxylic acids is 1. The minimum absolute atomic E-state index is 0.130. The zero-order valence-corrected chi connectivity index (χ0v) is 12.8. The van der Waals surface area contributed by atoms with Crippen LogP contribution in [-0.4, -0.2) is 22.5 Å². The highest BCUT2D eigenvalue weighted by Crippen LogP contribution is 2.40. The van der Waals surface area contributed by atoms with Crippen molar-refractivity contribution in [2.75, 3.05) is 0 Å². The summed E-state index contributed by atoms with van der Waals surface area (Å²) in [6.45, 7) is 0. The Labute approximate surface area is 140 Å². The third kappa shape index (κ3) is 3.50. The van der Waals surface area contributed by atoms with Gasteiger partial charge in [-0.25, -0.2) is 4.79 Å². The van der Waals surface area contributed by atoms with E-state index in [4.69, 9.17) is 9.84 Å². The summed E-state index contributed by atoms with van der Waals surface area (Å²) in [5, 5.41) is 9.08. The normalized spacial score (nSPS) is 15.5. The minimum Gasteiger partial charge on any atom is -0.478 e. The summed E-state index contributed by atoms with van der Waals surface area (Å²) in [6, 6.07) is 9.81. The summed E-state index contributed by atoms with van der Waals surface area (Å²) in [4.78, 5) is 23.4. The number of ether oxygens (including phenoxy) is 1. The van der Waals surface area contributed by atoms with E-state index in [1.165, 1.54) is 24.3 Å². The number of ketones is 1. The Bertz CT molecular complexity index is 804. The van der Waals surface area contributed by atoms with Crippen molar-refractivity contribution in [2.45, 2.75) is 24.6 Å².